The van der Waals surface area contributed by atoms with Crippen LogP contribution in [0.5, 0.6) is 0 Å². The molecule has 0 fully saturated rings. The Kier molecular flexibility index (Phi) is 4.22. The van der Waals surface area contributed by atoms with E-state index in [1.165, 1.54) is 6.07 Å². The van der Waals surface area contributed by atoms with Crippen LogP contribution < -0.4 is 0 Å². The number of fused-ring (bicyclic) bond motifs is 3. The zero-order valence-corrected chi connectivity index (χ0v) is 14.1. The second-order valence-electron chi connectivity index (χ2n) is 5.37. The minimum atomic E-state index is -5.79. The Labute approximate surface area is 141 Å². The molecule has 1 aromatic carbocycles. The van der Waals surface area contributed by atoms with E-state index < -0.39 is 37.0 Å². The number of furan rings is 1. The molecule has 0 amide bonds. The van der Waals surface area contributed by atoms with Gasteiger partial charge in [0.2, 0.25) is 0 Å². The largest absolute Gasteiger partial charge is 0.460 e. The van der Waals surface area contributed by atoms with Gasteiger partial charge in [-0.3, -0.25) is 8.74 Å². The van der Waals surface area contributed by atoms with Gasteiger partial charge in [0, 0.05) is 23.4 Å². The van der Waals surface area contributed by atoms with Gasteiger partial charge in [-0.1, -0.05) is 12.2 Å². The van der Waals surface area contributed by atoms with Gasteiger partial charge in [-0.15, -0.1) is 0 Å². The van der Waals surface area contributed by atoms with Gasteiger partial charge in [0.05, 0.1) is 4.90 Å². The molecule has 1 aromatic heterocycles. The lowest BCUT2D eigenvalue weighted by molar-refractivity contribution is 0.0312. The summed E-state index contributed by atoms with van der Waals surface area (Å²) in [6.07, 6.45) is 5.23. The van der Waals surface area contributed by atoms with E-state index in [2.05, 4.69) is 4.18 Å². The van der Waals surface area contributed by atoms with E-state index in [-0.39, 0.29) is 5.58 Å². The summed E-state index contributed by atoms with van der Waals surface area (Å²) in [6, 6.07) is 3.70. The monoisotopic (exact) mass is 394 g/mol. The lowest BCUT2D eigenvalue weighted by Crippen LogP contribution is -2.34. The van der Waals surface area contributed by atoms with E-state index in [0.717, 1.165) is 24.1 Å². The molecule has 1 heterocycles. The molecule has 7 nitrogen and oxygen atoms in total. The zero-order chi connectivity index (χ0) is 18.5. The maximum absolute atomic E-state index is 13.1. The van der Waals surface area contributed by atoms with Crippen molar-refractivity contribution >= 4 is 37.3 Å². The summed E-state index contributed by atoms with van der Waals surface area (Å²) in [6.45, 7) is -2.04. The van der Waals surface area contributed by atoms with Gasteiger partial charge in [-0.25, -0.2) is 0 Å². The first kappa shape index (κ1) is 18.0. The summed E-state index contributed by atoms with van der Waals surface area (Å²) in [4.78, 5) is -0.471. The fourth-order valence-corrected chi connectivity index (χ4v) is 3.58. The SMILES string of the molecule is O=S(=O)(OCC(F)(F)S(=O)(=O)O)c1ccc2c3c(oc2c1)CCC=C3. The highest BCUT2D eigenvalue weighted by molar-refractivity contribution is 7.87. The zero-order valence-electron chi connectivity index (χ0n) is 12.5. The van der Waals surface area contributed by atoms with Crippen molar-refractivity contribution in [1.29, 1.82) is 0 Å². The third-order valence-corrected chi connectivity index (χ3v) is 5.78. The number of allylic oxidation sites excluding steroid dienone is 1. The highest BCUT2D eigenvalue weighted by Gasteiger charge is 2.46. The minimum absolute atomic E-state index is 0.239. The van der Waals surface area contributed by atoms with Crippen LogP contribution >= 0.6 is 0 Å². The first-order valence-electron chi connectivity index (χ1n) is 6.97. The summed E-state index contributed by atoms with van der Waals surface area (Å²) in [7, 11) is -10.5. The second-order valence-corrected chi connectivity index (χ2v) is 8.53. The van der Waals surface area contributed by atoms with Gasteiger partial charge < -0.3 is 4.42 Å². The van der Waals surface area contributed by atoms with Crippen molar-refractivity contribution in [2.45, 2.75) is 23.0 Å². The normalized spacial score (nSPS) is 15.5. The predicted molar refractivity (Wildman–Crippen MR) is 83.2 cm³/mol. The van der Waals surface area contributed by atoms with Crippen molar-refractivity contribution in [2.75, 3.05) is 6.61 Å². The Morgan fingerprint density at radius 3 is 2.64 bits per heavy atom. The van der Waals surface area contributed by atoms with Gasteiger partial charge >= 0.3 is 15.4 Å². The highest BCUT2D eigenvalue weighted by Crippen LogP contribution is 2.33. The minimum Gasteiger partial charge on any atom is -0.460 e. The van der Waals surface area contributed by atoms with Crippen LogP contribution in [0.4, 0.5) is 8.78 Å². The lowest BCUT2D eigenvalue weighted by Gasteiger charge is -2.12. The van der Waals surface area contributed by atoms with Crippen molar-refractivity contribution < 1.29 is 38.8 Å². The second kappa shape index (κ2) is 5.87. The number of halogens is 2. The van der Waals surface area contributed by atoms with Crippen LogP contribution in [-0.2, 0) is 30.8 Å². The Hall–Kier alpha value is -1.82. The molecule has 2 aromatic rings. The smallest absolute Gasteiger partial charge is 0.393 e. The molecule has 11 heteroatoms. The maximum atomic E-state index is 13.1. The molecule has 0 saturated heterocycles. The topological polar surface area (TPSA) is 111 Å². The average Bonchev–Trinajstić information content (AvgIpc) is 2.90. The molecule has 0 bridgehead atoms. The van der Waals surface area contributed by atoms with Crippen LogP contribution in [0.15, 0.2) is 33.6 Å². The van der Waals surface area contributed by atoms with Crippen molar-refractivity contribution in [3.05, 3.63) is 35.6 Å². The van der Waals surface area contributed by atoms with E-state index in [4.69, 9.17) is 8.97 Å². The summed E-state index contributed by atoms with van der Waals surface area (Å²) < 4.78 is 89.3. The van der Waals surface area contributed by atoms with Gasteiger partial charge in [0.25, 0.3) is 10.1 Å². The van der Waals surface area contributed by atoms with Crippen LogP contribution in [0, 0.1) is 0 Å². The molecule has 1 aliphatic carbocycles. The van der Waals surface area contributed by atoms with Crippen molar-refractivity contribution in [3.63, 3.8) is 0 Å². The number of alkyl halides is 2. The van der Waals surface area contributed by atoms with Crippen LogP contribution in [0.2, 0.25) is 0 Å². The molecule has 0 atom stereocenters. The average molecular weight is 394 g/mol. The molecule has 1 N–H and O–H groups in total. The lowest BCUT2D eigenvalue weighted by atomic mass is 10.0. The number of benzene rings is 1. The first-order chi connectivity index (χ1) is 11.5. The fraction of sp³-hybridized carbons (Fsp3) is 0.286. The number of rotatable bonds is 5. The van der Waals surface area contributed by atoms with E-state index in [1.54, 1.807) is 0 Å². The van der Waals surface area contributed by atoms with Crippen molar-refractivity contribution in [1.82, 2.24) is 0 Å². The molecule has 25 heavy (non-hydrogen) atoms. The van der Waals surface area contributed by atoms with Crippen LogP contribution in [0.25, 0.3) is 17.0 Å². The molecule has 0 unspecified atom stereocenters. The van der Waals surface area contributed by atoms with Crippen molar-refractivity contribution in [2.24, 2.45) is 0 Å². The molecule has 0 spiro atoms. The third kappa shape index (κ3) is 3.32. The van der Waals surface area contributed by atoms with Crippen LogP contribution in [0.1, 0.15) is 17.7 Å². The Bertz CT molecular complexity index is 1070. The number of hydrogen-bond acceptors (Lipinski definition) is 6. The molecule has 0 aliphatic heterocycles. The van der Waals surface area contributed by atoms with E-state index >= 15 is 0 Å². The molecular formula is C14H12F2O7S2. The van der Waals surface area contributed by atoms with Gasteiger partial charge in [0.1, 0.15) is 18.0 Å². The molecule has 0 saturated carbocycles. The highest BCUT2D eigenvalue weighted by atomic mass is 32.2. The Morgan fingerprint density at radius 2 is 1.96 bits per heavy atom. The predicted octanol–water partition coefficient (Wildman–Crippen LogP) is 2.58. The molecule has 0 radical (unpaired) electrons. The summed E-state index contributed by atoms with van der Waals surface area (Å²) in [5, 5.41) is -4.09. The first-order valence-corrected chi connectivity index (χ1v) is 9.82. The van der Waals surface area contributed by atoms with E-state index in [0.29, 0.717) is 17.6 Å². The fourth-order valence-electron chi connectivity index (χ4n) is 2.38. The molecule has 3 rings (SSSR count). The Morgan fingerprint density at radius 1 is 1.24 bits per heavy atom. The number of hydrogen-bond donors (Lipinski definition) is 1. The third-order valence-electron chi connectivity index (χ3n) is 3.65. The van der Waals surface area contributed by atoms with E-state index in [1.807, 2.05) is 12.2 Å². The summed E-state index contributed by atoms with van der Waals surface area (Å²) in [5.41, 5.74) is 1.06. The van der Waals surface area contributed by atoms with Gasteiger partial charge in [0.15, 0.2) is 0 Å². The van der Waals surface area contributed by atoms with E-state index in [9.17, 15) is 25.6 Å². The van der Waals surface area contributed by atoms with Crippen molar-refractivity contribution in [3.8, 4) is 0 Å². The molecule has 136 valence electrons. The number of aryl methyl sites for hydroxylation is 1. The summed E-state index contributed by atoms with van der Waals surface area (Å²) in [5.74, 6) is 0.686. The van der Waals surface area contributed by atoms with Crippen LogP contribution in [0.3, 0.4) is 0 Å². The molecule has 1 aliphatic rings. The van der Waals surface area contributed by atoms with Gasteiger partial charge in [-0.05, 0) is 18.6 Å². The van der Waals surface area contributed by atoms with Gasteiger partial charge in [-0.2, -0.15) is 25.6 Å². The standard InChI is InChI=1S/C14H12F2O7S2/c15-14(16,25(19,20)21)8-22-24(17,18)9-5-6-11-10-3-1-2-4-12(10)23-13(11)7-9/h1,3,5-7H,2,4,8H2,(H,19,20,21). The van der Waals surface area contributed by atoms with Crippen LogP contribution in [-0.4, -0.2) is 33.2 Å². The maximum Gasteiger partial charge on any atom is 0.393 e. The Balaban J connectivity index is 1.91. The summed E-state index contributed by atoms with van der Waals surface area (Å²) >= 11 is 0. The quantitative estimate of drug-likeness (QED) is 0.613. The molecular weight excluding hydrogens is 382 g/mol.